The first-order valence-electron chi connectivity index (χ1n) is 4.14. The first-order chi connectivity index (χ1) is 6.36. The molecule has 2 nitrogen and oxygen atoms in total. The molecule has 1 aromatic carbocycles. The molecule has 0 heterocycles. The van der Waals surface area contributed by atoms with Gasteiger partial charge in [0.2, 0.25) is 0 Å². The van der Waals surface area contributed by atoms with Crippen LogP contribution in [0, 0.1) is 11.3 Å². The molecule has 0 bridgehead atoms. The maximum atomic E-state index is 8.54. The summed E-state index contributed by atoms with van der Waals surface area (Å²) in [6.45, 7) is 0.173. The van der Waals surface area contributed by atoms with Crippen LogP contribution in [0.1, 0.15) is 17.5 Å². The Morgan fingerprint density at radius 3 is 2.54 bits per heavy atom. The number of aliphatic hydroxyl groups excluding tert-OH is 1. The molecule has 0 aromatic heterocycles. The molecule has 0 aliphatic carbocycles. The van der Waals surface area contributed by atoms with Gasteiger partial charge in [-0.15, -0.1) is 0 Å². The number of nitrogens with zero attached hydrogens (tertiary/aromatic N) is 1. The zero-order valence-electron chi connectivity index (χ0n) is 7.27. The predicted molar refractivity (Wildman–Crippen MR) is 51.9 cm³/mol. The average Bonchev–Trinajstić information content (AvgIpc) is 2.19. The first-order valence-corrected chi connectivity index (χ1v) is 4.14. The van der Waals surface area contributed by atoms with Crippen LogP contribution in [0.25, 0.3) is 6.08 Å². The highest BCUT2D eigenvalue weighted by Crippen LogP contribution is 2.05. The summed E-state index contributed by atoms with van der Waals surface area (Å²) in [6, 6.07) is 9.37. The minimum absolute atomic E-state index is 0.173. The molecule has 0 spiro atoms. The number of nitriles is 1. The minimum Gasteiger partial charge on any atom is -0.396 e. The number of aliphatic hydroxyl groups is 1. The topological polar surface area (TPSA) is 44.0 Å². The third-order valence-electron chi connectivity index (χ3n) is 1.65. The van der Waals surface area contributed by atoms with Gasteiger partial charge in [0.25, 0.3) is 0 Å². The van der Waals surface area contributed by atoms with Gasteiger partial charge in [-0.3, -0.25) is 0 Å². The molecular formula is C11H11NO. The van der Waals surface area contributed by atoms with E-state index >= 15 is 0 Å². The van der Waals surface area contributed by atoms with E-state index < -0.39 is 0 Å². The van der Waals surface area contributed by atoms with Crippen molar-refractivity contribution in [1.29, 1.82) is 5.26 Å². The summed E-state index contributed by atoms with van der Waals surface area (Å²) in [7, 11) is 0. The van der Waals surface area contributed by atoms with Crippen molar-refractivity contribution in [2.24, 2.45) is 0 Å². The van der Waals surface area contributed by atoms with Crippen LogP contribution in [0.2, 0.25) is 0 Å². The highest BCUT2D eigenvalue weighted by molar-refractivity contribution is 5.50. The molecule has 1 aromatic rings. The standard InChI is InChI=1S/C11H11NO/c12-9-11-6-4-10(5-7-11)3-1-2-8-13/h1,3-7,13H,2,8H2/b3-1+. The van der Waals surface area contributed by atoms with Crippen LogP contribution in [0.4, 0.5) is 0 Å². The van der Waals surface area contributed by atoms with E-state index in [9.17, 15) is 0 Å². The summed E-state index contributed by atoms with van der Waals surface area (Å²) in [4.78, 5) is 0. The minimum atomic E-state index is 0.173. The van der Waals surface area contributed by atoms with E-state index in [1.165, 1.54) is 0 Å². The normalized spacial score (nSPS) is 10.2. The number of hydrogen-bond acceptors (Lipinski definition) is 2. The van der Waals surface area contributed by atoms with Gasteiger partial charge >= 0.3 is 0 Å². The van der Waals surface area contributed by atoms with Crippen molar-refractivity contribution in [3.8, 4) is 6.07 Å². The monoisotopic (exact) mass is 173 g/mol. The molecule has 1 rings (SSSR count). The Balaban J connectivity index is 2.65. The van der Waals surface area contributed by atoms with Crippen LogP contribution < -0.4 is 0 Å². The summed E-state index contributed by atoms with van der Waals surface area (Å²) < 4.78 is 0. The van der Waals surface area contributed by atoms with E-state index in [0.29, 0.717) is 12.0 Å². The van der Waals surface area contributed by atoms with Crippen LogP contribution in [0.5, 0.6) is 0 Å². The lowest BCUT2D eigenvalue weighted by atomic mass is 10.1. The fourth-order valence-electron chi connectivity index (χ4n) is 0.963. The van der Waals surface area contributed by atoms with Gasteiger partial charge < -0.3 is 5.11 Å². The van der Waals surface area contributed by atoms with E-state index in [1.54, 1.807) is 12.1 Å². The van der Waals surface area contributed by atoms with Gasteiger partial charge in [-0.2, -0.15) is 5.26 Å². The van der Waals surface area contributed by atoms with E-state index in [2.05, 4.69) is 6.07 Å². The maximum absolute atomic E-state index is 8.54. The first kappa shape index (κ1) is 9.50. The van der Waals surface area contributed by atoms with Crippen molar-refractivity contribution in [3.05, 3.63) is 41.5 Å². The predicted octanol–water partition coefficient (Wildman–Crippen LogP) is 1.95. The third-order valence-corrected chi connectivity index (χ3v) is 1.65. The molecule has 0 aliphatic rings. The van der Waals surface area contributed by atoms with E-state index in [0.717, 1.165) is 5.56 Å². The lowest BCUT2D eigenvalue weighted by Gasteiger charge is -1.92. The quantitative estimate of drug-likeness (QED) is 0.759. The molecule has 0 atom stereocenters. The Morgan fingerprint density at radius 1 is 1.31 bits per heavy atom. The van der Waals surface area contributed by atoms with Crippen LogP contribution >= 0.6 is 0 Å². The second-order valence-corrected chi connectivity index (χ2v) is 2.65. The smallest absolute Gasteiger partial charge is 0.0991 e. The lowest BCUT2D eigenvalue weighted by molar-refractivity contribution is 0.303. The Morgan fingerprint density at radius 2 is 2.00 bits per heavy atom. The maximum Gasteiger partial charge on any atom is 0.0991 e. The molecule has 0 saturated carbocycles. The molecule has 1 N–H and O–H groups in total. The molecule has 2 heteroatoms. The third kappa shape index (κ3) is 3.10. The lowest BCUT2D eigenvalue weighted by Crippen LogP contribution is -1.77. The van der Waals surface area contributed by atoms with Crippen LogP contribution in [-0.2, 0) is 0 Å². The molecule has 0 aliphatic heterocycles. The SMILES string of the molecule is N#Cc1ccc(/C=C/CCO)cc1. The van der Waals surface area contributed by atoms with Crippen molar-refractivity contribution in [2.45, 2.75) is 6.42 Å². The Hall–Kier alpha value is -1.59. The fraction of sp³-hybridized carbons (Fsp3) is 0.182. The molecule has 13 heavy (non-hydrogen) atoms. The van der Waals surface area contributed by atoms with Crippen LogP contribution in [-0.4, -0.2) is 11.7 Å². The second-order valence-electron chi connectivity index (χ2n) is 2.65. The highest BCUT2D eigenvalue weighted by Gasteiger charge is 1.88. The number of rotatable bonds is 3. The molecule has 0 amide bonds. The Labute approximate surface area is 77.8 Å². The summed E-state index contributed by atoms with van der Waals surface area (Å²) >= 11 is 0. The Kier molecular flexibility index (Phi) is 3.74. The van der Waals surface area contributed by atoms with Gasteiger partial charge in [0, 0.05) is 6.61 Å². The van der Waals surface area contributed by atoms with Gasteiger partial charge in [-0.05, 0) is 24.1 Å². The van der Waals surface area contributed by atoms with Crippen LogP contribution in [0.3, 0.4) is 0 Å². The van der Waals surface area contributed by atoms with Crippen molar-refractivity contribution < 1.29 is 5.11 Å². The van der Waals surface area contributed by atoms with Crippen LogP contribution in [0.15, 0.2) is 30.3 Å². The fourth-order valence-corrected chi connectivity index (χ4v) is 0.963. The summed E-state index contributed by atoms with van der Waals surface area (Å²) in [5.41, 5.74) is 1.71. The van der Waals surface area contributed by atoms with Crippen molar-refractivity contribution in [3.63, 3.8) is 0 Å². The molecule has 66 valence electrons. The Bertz CT molecular complexity index is 319. The molecule has 0 fully saturated rings. The van der Waals surface area contributed by atoms with Crippen molar-refractivity contribution >= 4 is 6.08 Å². The molecule has 0 saturated heterocycles. The highest BCUT2D eigenvalue weighted by atomic mass is 16.2. The zero-order chi connectivity index (χ0) is 9.52. The van der Waals surface area contributed by atoms with Crippen molar-refractivity contribution in [2.75, 3.05) is 6.61 Å². The summed E-state index contributed by atoms with van der Waals surface area (Å²) in [5.74, 6) is 0. The van der Waals surface area contributed by atoms with Gasteiger partial charge in [0.1, 0.15) is 0 Å². The summed E-state index contributed by atoms with van der Waals surface area (Å²) in [5, 5.41) is 17.1. The van der Waals surface area contributed by atoms with Gasteiger partial charge in [-0.1, -0.05) is 24.3 Å². The number of hydrogen-bond donors (Lipinski definition) is 1. The molecule has 0 unspecified atom stereocenters. The van der Waals surface area contributed by atoms with E-state index in [1.807, 2.05) is 24.3 Å². The number of benzene rings is 1. The zero-order valence-corrected chi connectivity index (χ0v) is 7.27. The molecular weight excluding hydrogens is 162 g/mol. The summed E-state index contributed by atoms with van der Waals surface area (Å²) in [6.07, 6.45) is 4.50. The van der Waals surface area contributed by atoms with Gasteiger partial charge in [-0.25, -0.2) is 0 Å². The molecule has 0 radical (unpaired) electrons. The second kappa shape index (κ2) is 5.13. The van der Waals surface area contributed by atoms with Gasteiger partial charge in [0.15, 0.2) is 0 Å². The largest absolute Gasteiger partial charge is 0.396 e. The average molecular weight is 173 g/mol. The van der Waals surface area contributed by atoms with Crippen molar-refractivity contribution in [1.82, 2.24) is 0 Å². The van der Waals surface area contributed by atoms with E-state index in [4.69, 9.17) is 10.4 Å². The van der Waals surface area contributed by atoms with Gasteiger partial charge in [0.05, 0.1) is 11.6 Å². The van der Waals surface area contributed by atoms with E-state index in [-0.39, 0.29) is 6.61 Å².